The van der Waals surface area contributed by atoms with Crippen molar-refractivity contribution in [3.05, 3.63) is 29.8 Å². The quantitative estimate of drug-likeness (QED) is 0.205. The number of hydrogen-bond acceptors (Lipinski definition) is 7. The van der Waals surface area contributed by atoms with Gasteiger partial charge in [0.25, 0.3) is 5.91 Å². The zero-order chi connectivity index (χ0) is 35.2. The highest BCUT2D eigenvalue weighted by molar-refractivity contribution is 6.36. The summed E-state index contributed by atoms with van der Waals surface area (Å²) in [6.45, 7) is 13.7. The minimum Gasteiger partial charge on any atom is -0.378 e. The van der Waals surface area contributed by atoms with E-state index in [0.29, 0.717) is 24.4 Å². The van der Waals surface area contributed by atoms with Gasteiger partial charge in [0, 0.05) is 44.2 Å². The number of carbonyl (C=O) groups excluding carboxylic acids is 6. The van der Waals surface area contributed by atoms with Crippen molar-refractivity contribution in [2.45, 2.75) is 92.3 Å². The number of benzene rings is 1. The highest BCUT2D eigenvalue weighted by atomic mass is 16.2. The number of primary amides is 1. The molecule has 1 aromatic rings. The molecule has 2 saturated carbocycles. The minimum absolute atomic E-state index is 0.0829. The molecular weight excluding hydrogens is 598 g/mol. The first kappa shape index (κ1) is 36.1. The Bertz CT molecular complexity index is 1410. The van der Waals surface area contributed by atoms with E-state index >= 15 is 0 Å². The van der Waals surface area contributed by atoms with E-state index in [2.05, 4.69) is 24.5 Å². The van der Waals surface area contributed by atoms with E-state index in [-0.39, 0.29) is 47.1 Å². The summed E-state index contributed by atoms with van der Waals surface area (Å²) in [7, 11) is 3.82. The van der Waals surface area contributed by atoms with Crippen molar-refractivity contribution in [3.8, 4) is 0 Å². The van der Waals surface area contributed by atoms with Crippen LogP contribution in [0.4, 0.5) is 10.5 Å². The third kappa shape index (κ3) is 7.87. The molecule has 11 heteroatoms. The summed E-state index contributed by atoms with van der Waals surface area (Å²) in [5.74, 6) is -3.36. The van der Waals surface area contributed by atoms with Crippen molar-refractivity contribution >= 4 is 40.9 Å². The Morgan fingerprint density at radius 2 is 1.60 bits per heavy atom. The van der Waals surface area contributed by atoms with Gasteiger partial charge in [-0.05, 0) is 65.2 Å². The number of nitrogens with one attached hydrogen (secondary N) is 2. The van der Waals surface area contributed by atoms with Gasteiger partial charge in [-0.3, -0.25) is 24.0 Å². The molecule has 4 rings (SSSR count). The summed E-state index contributed by atoms with van der Waals surface area (Å²) < 4.78 is 0. The van der Waals surface area contributed by atoms with Gasteiger partial charge in [0.15, 0.2) is 11.6 Å². The molecule has 1 aromatic carbocycles. The molecule has 3 aliphatic rings. The van der Waals surface area contributed by atoms with Gasteiger partial charge in [-0.15, -0.1) is 0 Å². The van der Waals surface area contributed by atoms with Crippen LogP contribution in [0.3, 0.4) is 0 Å². The zero-order valence-corrected chi connectivity index (χ0v) is 29.4. The number of likely N-dealkylation sites (tertiary alicyclic amines) is 1. The number of piperidine rings is 1. The zero-order valence-electron chi connectivity index (χ0n) is 29.4. The second kappa shape index (κ2) is 13.4. The Kier molecular flexibility index (Phi) is 10.3. The maximum Gasteiger partial charge on any atom is 0.316 e. The molecule has 4 amide bonds. The maximum atomic E-state index is 14.3. The van der Waals surface area contributed by atoms with Gasteiger partial charge in [-0.25, -0.2) is 4.79 Å². The number of amides is 4. The van der Waals surface area contributed by atoms with Crippen LogP contribution in [0, 0.1) is 40.4 Å². The smallest absolute Gasteiger partial charge is 0.316 e. The van der Waals surface area contributed by atoms with E-state index in [1.54, 1.807) is 17.0 Å². The summed E-state index contributed by atoms with van der Waals surface area (Å²) in [6.07, 6.45) is 2.20. The van der Waals surface area contributed by atoms with Crippen LogP contribution in [0.1, 0.15) is 84.5 Å². The number of Topliss-reactive ketones (excluding diaryl/α,β-unsaturated/α-hetero) is 3. The Morgan fingerprint density at radius 3 is 2.09 bits per heavy atom. The first-order valence-electron chi connectivity index (χ1n) is 16.8. The van der Waals surface area contributed by atoms with E-state index in [4.69, 9.17) is 5.73 Å². The third-order valence-corrected chi connectivity index (χ3v) is 10.5. The summed E-state index contributed by atoms with van der Waals surface area (Å²) in [4.78, 5) is 83.2. The molecule has 1 heterocycles. The van der Waals surface area contributed by atoms with E-state index in [1.165, 1.54) is 0 Å². The molecule has 2 aliphatic carbocycles. The van der Waals surface area contributed by atoms with Gasteiger partial charge >= 0.3 is 6.03 Å². The van der Waals surface area contributed by atoms with Crippen LogP contribution in [0.5, 0.6) is 0 Å². The Balaban J connectivity index is 1.52. The lowest BCUT2D eigenvalue weighted by molar-refractivity contribution is -0.144. The predicted molar refractivity (Wildman–Crippen MR) is 180 cm³/mol. The molecule has 258 valence electrons. The Morgan fingerprint density at radius 1 is 1.00 bits per heavy atom. The number of nitrogens with zero attached hydrogens (tertiary/aromatic N) is 2. The molecule has 0 bridgehead atoms. The lowest BCUT2D eigenvalue weighted by atomic mass is 9.84. The van der Waals surface area contributed by atoms with Crippen LogP contribution >= 0.6 is 0 Å². The largest absolute Gasteiger partial charge is 0.378 e. The number of rotatable bonds is 14. The fourth-order valence-electron chi connectivity index (χ4n) is 7.25. The van der Waals surface area contributed by atoms with Crippen LogP contribution < -0.4 is 21.3 Å². The number of carbonyl (C=O) groups is 6. The van der Waals surface area contributed by atoms with Crippen LogP contribution in [0.15, 0.2) is 24.3 Å². The van der Waals surface area contributed by atoms with Crippen molar-refractivity contribution in [3.63, 3.8) is 0 Å². The first-order chi connectivity index (χ1) is 21.7. The average Bonchev–Trinajstić information content (AvgIpc) is 3.84. The van der Waals surface area contributed by atoms with Crippen LogP contribution in [-0.2, 0) is 19.2 Å². The van der Waals surface area contributed by atoms with Gasteiger partial charge in [0.2, 0.25) is 11.7 Å². The maximum absolute atomic E-state index is 14.3. The van der Waals surface area contributed by atoms with Crippen molar-refractivity contribution in [1.82, 2.24) is 15.5 Å². The highest BCUT2D eigenvalue weighted by Crippen LogP contribution is 2.65. The fraction of sp³-hybridized carbons (Fsp3) is 0.667. The number of anilines is 1. The third-order valence-electron chi connectivity index (χ3n) is 10.5. The van der Waals surface area contributed by atoms with Gasteiger partial charge in [0.1, 0.15) is 6.04 Å². The molecule has 6 atom stereocenters. The molecule has 1 saturated heterocycles. The molecule has 0 radical (unpaired) electrons. The average molecular weight is 652 g/mol. The number of fused-ring (bicyclic) bond motifs is 1. The Hall–Kier alpha value is -3.76. The summed E-state index contributed by atoms with van der Waals surface area (Å²) >= 11 is 0. The van der Waals surface area contributed by atoms with Crippen molar-refractivity contribution < 1.29 is 28.8 Å². The molecular formula is C36H53N5O6. The standard InChI is InChI=1S/C36H53N5O6/c1-19(2)27(29(43)21-12-14-23(15-13-21)40(8)9)38-34(47)39-31(35(3,4)5)33(46)41-18-24-26(36(24,6)7)28(41)25(42)17-22(16-20-10-11-20)30(44)32(37)45/h12-15,19-20,22,24,26-28,31H,10-11,16-18H2,1-9H3,(H2,37,45)(H2,38,39,47)/t22?,24-,26-,27-,28+,31+/m0/s1. The molecule has 4 N–H and O–H groups in total. The molecule has 11 nitrogen and oxygen atoms in total. The van der Waals surface area contributed by atoms with Gasteiger partial charge in [-0.1, -0.05) is 61.3 Å². The summed E-state index contributed by atoms with van der Waals surface area (Å²) in [5, 5.41) is 5.65. The Labute approximate surface area is 278 Å². The predicted octanol–water partition coefficient (Wildman–Crippen LogP) is 3.59. The summed E-state index contributed by atoms with van der Waals surface area (Å²) in [5.41, 5.74) is 5.85. The molecule has 3 fully saturated rings. The molecule has 47 heavy (non-hydrogen) atoms. The van der Waals surface area contributed by atoms with E-state index < -0.39 is 47.2 Å². The summed E-state index contributed by atoms with van der Waals surface area (Å²) in [6, 6.07) is 3.89. The molecule has 0 spiro atoms. The van der Waals surface area contributed by atoms with E-state index in [9.17, 15) is 28.8 Å². The minimum atomic E-state index is -1.04. The normalized spacial score (nSPS) is 23.3. The number of urea groups is 1. The number of nitrogens with two attached hydrogens (primary N) is 1. The first-order valence-corrected chi connectivity index (χ1v) is 16.8. The topological polar surface area (TPSA) is 159 Å². The van der Waals surface area contributed by atoms with E-state index in [1.807, 2.05) is 65.7 Å². The number of ketones is 3. The van der Waals surface area contributed by atoms with Crippen molar-refractivity contribution in [2.75, 3.05) is 25.5 Å². The fourth-order valence-corrected chi connectivity index (χ4v) is 7.25. The lowest BCUT2D eigenvalue weighted by Crippen LogP contribution is -2.61. The van der Waals surface area contributed by atoms with Crippen molar-refractivity contribution in [2.24, 2.45) is 46.2 Å². The second-order valence-corrected chi connectivity index (χ2v) is 16.1. The van der Waals surface area contributed by atoms with Crippen LogP contribution in [0.2, 0.25) is 0 Å². The van der Waals surface area contributed by atoms with Gasteiger partial charge in [-0.2, -0.15) is 0 Å². The van der Waals surface area contributed by atoms with Gasteiger partial charge < -0.3 is 26.2 Å². The van der Waals surface area contributed by atoms with Crippen LogP contribution in [0.25, 0.3) is 0 Å². The molecule has 1 unspecified atom stereocenters. The SMILES string of the molecule is CC(C)[C@H](NC(=O)N[C@H](C(=O)N1C[C@H]2[C@@H]([C@H]1C(=O)CC(CC1CC1)C(=O)C(N)=O)C2(C)C)C(C)(C)C)C(=O)c1ccc(N(C)C)cc1. The van der Waals surface area contributed by atoms with Gasteiger partial charge in [0.05, 0.1) is 12.1 Å². The molecule has 0 aromatic heterocycles. The monoisotopic (exact) mass is 651 g/mol. The lowest BCUT2D eigenvalue weighted by Gasteiger charge is -2.38. The highest BCUT2D eigenvalue weighted by Gasteiger charge is 2.69. The van der Waals surface area contributed by atoms with E-state index in [0.717, 1.165) is 18.5 Å². The second-order valence-electron chi connectivity index (χ2n) is 16.1. The van der Waals surface area contributed by atoms with Crippen molar-refractivity contribution in [1.29, 1.82) is 0 Å². The van der Waals surface area contributed by atoms with Crippen LogP contribution in [-0.4, -0.2) is 78.9 Å². The number of hydrogen-bond donors (Lipinski definition) is 3. The molecule has 1 aliphatic heterocycles.